The summed E-state index contributed by atoms with van der Waals surface area (Å²) in [5.41, 5.74) is 0.578. The average molecular weight is 347 g/mol. The Labute approximate surface area is 146 Å². The van der Waals surface area contributed by atoms with Gasteiger partial charge in [-0.15, -0.1) is 11.3 Å². The van der Waals surface area contributed by atoms with Crippen LogP contribution in [0.2, 0.25) is 0 Å². The van der Waals surface area contributed by atoms with Gasteiger partial charge < -0.3 is 9.88 Å². The largest absolute Gasteiger partial charge is 0.342 e. The van der Waals surface area contributed by atoms with Gasteiger partial charge in [-0.1, -0.05) is 20.8 Å². The van der Waals surface area contributed by atoms with E-state index in [2.05, 4.69) is 4.98 Å². The standard InChI is InChI=1S/C18H25N3O2S/c1-10-11(2)24-16-13(10)15(22)19-14(20-16)12-7-6-8-21(9-12)17(23)18(3,4)5/h12H,6-9H2,1-5H3,(H,19,20,22). The highest BCUT2D eigenvalue weighted by atomic mass is 32.1. The molecule has 2 aromatic rings. The number of likely N-dealkylation sites (tertiary alicyclic amines) is 1. The molecule has 5 nitrogen and oxygen atoms in total. The van der Waals surface area contributed by atoms with Gasteiger partial charge in [0.15, 0.2) is 0 Å². The van der Waals surface area contributed by atoms with Gasteiger partial charge in [0.05, 0.1) is 5.39 Å². The van der Waals surface area contributed by atoms with Crippen LogP contribution in [0, 0.1) is 19.3 Å². The molecule has 1 saturated heterocycles. The van der Waals surface area contributed by atoms with Crippen molar-refractivity contribution in [3.8, 4) is 0 Å². The van der Waals surface area contributed by atoms with Crippen molar-refractivity contribution in [3.05, 3.63) is 26.6 Å². The van der Waals surface area contributed by atoms with Gasteiger partial charge in [-0.3, -0.25) is 9.59 Å². The fraction of sp³-hybridized carbons (Fsp3) is 0.611. The van der Waals surface area contributed by atoms with Crippen LogP contribution >= 0.6 is 11.3 Å². The second-order valence-corrected chi connectivity index (χ2v) is 8.96. The lowest BCUT2D eigenvalue weighted by Crippen LogP contribution is -2.45. The van der Waals surface area contributed by atoms with Gasteiger partial charge in [0, 0.05) is 29.3 Å². The Morgan fingerprint density at radius 1 is 1.33 bits per heavy atom. The minimum absolute atomic E-state index is 0.0591. The normalized spacial score (nSPS) is 19.0. The number of nitrogens with one attached hydrogen (secondary N) is 1. The molecule has 1 N–H and O–H groups in total. The number of aryl methyl sites for hydroxylation is 2. The lowest BCUT2D eigenvalue weighted by molar-refractivity contribution is -0.140. The van der Waals surface area contributed by atoms with E-state index in [0.29, 0.717) is 11.9 Å². The highest BCUT2D eigenvalue weighted by Gasteiger charge is 2.32. The molecule has 0 saturated carbocycles. The summed E-state index contributed by atoms with van der Waals surface area (Å²) in [6.45, 7) is 11.2. The van der Waals surface area contributed by atoms with E-state index in [9.17, 15) is 9.59 Å². The molecule has 1 aliphatic rings. The summed E-state index contributed by atoms with van der Waals surface area (Å²) in [7, 11) is 0. The van der Waals surface area contributed by atoms with E-state index in [1.807, 2.05) is 39.5 Å². The summed E-state index contributed by atoms with van der Waals surface area (Å²) in [5, 5.41) is 0.708. The van der Waals surface area contributed by atoms with Crippen LogP contribution in [0.1, 0.15) is 55.8 Å². The van der Waals surface area contributed by atoms with Gasteiger partial charge in [-0.2, -0.15) is 0 Å². The van der Waals surface area contributed by atoms with Crippen molar-refractivity contribution < 1.29 is 4.79 Å². The van der Waals surface area contributed by atoms with Crippen molar-refractivity contribution in [1.82, 2.24) is 14.9 Å². The van der Waals surface area contributed by atoms with Gasteiger partial charge >= 0.3 is 0 Å². The van der Waals surface area contributed by atoms with E-state index in [-0.39, 0.29) is 22.8 Å². The number of carbonyl (C=O) groups excluding carboxylic acids is 1. The number of aromatic nitrogens is 2. The summed E-state index contributed by atoms with van der Waals surface area (Å²) >= 11 is 1.57. The molecule has 0 radical (unpaired) electrons. The first-order valence-electron chi connectivity index (χ1n) is 8.47. The van der Waals surface area contributed by atoms with Crippen LogP contribution in [0.4, 0.5) is 0 Å². The first-order valence-corrected chi connectivity index (χ1v) is 9.29. The lowest BCUT2D eigenvalue weighted by Gasteiger charge is -2.36. The molecule has 130 valence electrons. The van der Waals surface area contributed by atoms with Crippen LogP contribution in [0.3, 0.4) is 0 Å². The molecule has 0 bridgehead atoms. The molecule has 0 spiro atoms. The Hall–Kier alpha value is -1.69. The highest BCUT2D eigenvalue weighted by molar-refractivity contribution is 7.18. The Morgan fingerprint density at radius 3 is 2.71 bits per heavy atom. The number of fused-ring (bicyclic) bond motifs is 1. The summed E-state index contributed by atoms with van der Waals surface area (Å²) in [5.74, 6) is 0.989. The quantitative estimate of drug-likeness (QED) is 0.860. The molecule has 24 heavy (non-hydrogen) atoms. The zero-order valence-corrected chi connectivity index (χ0v) is 15.8. The van der Waals surface area contributed by atoms with Crippen LogP contribution < -0.4 is 5.56 Å². The van der Waals surface area contributed by atoms with Gasteiger partial charge in [0.25, 0.3) is 5.56 Å². The maximum atomic E-state index is 12.6. The highest BCUT2D eigenvalue weighted by Crippen LogP contribution is 2.30. The Balaban J connectivity index is 1.93. The van der Waals surface area contributed by atoms with Crippen LogP contribution in [-0.4, -0.2) is 33.9 Å². The molecule has 0 aliphatic carbocycles. The summed E-state index contributed by atoms with van der Waals surface area (Å²) in [6, 6.07) is 0. The van der Waals surface area contributed by atoms with Crippen molar-refractivity contribution in [2.24, 2.45) is 5.41 Å². The van der Waals surface area contributed by atoms with Crippen LogP contribution in [0.5, 0.6) is 0 Å². The molecule has 1 aliphatic heterocycles. The van der Waals surface area contributed by atoms with E-state index in [1.54, 1.807) is 11.3 Å². The summed E-state index contributed by atoms with van der Waals surface area (Å²) < 4.78 is 0. The fourth-order valence-corrected chi connectivity index (χ4v) is 4.36. The van der Waals surface area contributed by atoms with Gasteiger partial charge in [-0.05, 0) is 32.3 Å². The zero-order chi connectivity index (χ0) is 17.6. The number of aromatic amines is 1. The van der Waals surface area contributed by atoms with E-state index < -0.39 is 0 Å². The third-order valence-corrected chi connectivity index (χ3v) is 5.90. The van der Waals surface area contributed by atoms with Gasteiger partial charge in [0.1, 0.15) is 10.7 Å². The molecular formula is C18H25N3O2S. The van der Waals surface area contributed by atoms with E-state index in [1.165, 1.54) is 0 Å². The molecular weight excluding hydrogens is 322 g/mol. The maximum Gasteiger partial charge on any atom is 0.259 e. The Morgan fingerprint density at radius 2 is 2.04 bits per heavy atom. The second kappa shape index (κ2) is 5.99. The number of piperidine rings is 1. The number of hydrogen-bond acceptors (Lipinski definition) is 4. The molecule has 0 aromatic carbocycles. The molecule has 2 aromatic heterocycles. The first-order chi connectivity index (χ1) is 11.2. The molecule has 6 heteroatoms. The van der Waals surface area contributed by atoms with E-state index in [4.69, 9.17) is 4.98 Å². The average Bonchev–Trinajstić information content (AvgIpc) is 2.81. The van der Waals surface area contributed by atoms with Crippen LogP contribution in [0.25, 0.3) is 10.2 Å². The third-order valence-electron chi connectivity index (χ3n) is 4.79. The van der Waals surface area contributed by atoms with Crippen LogP contribution in [0.15, 0.2) is 4.79 Å². The topological polar surface area (TPSA) is 66.1 Å². The van der Waals surface area contributed by atoms with Crippen molar-refractivity contribution in [3.63, 3.8) is 0 Å². The number of carbonyl (C=O) groups is 1. The monoisotopic (exact) mass is 347 g/mol. The Bertz CT molecular complexity index is 844. The minimum atomic E-state index is -0.380. The molecule has 3 heterocycles. The van der Waals surface area contributed by atoms with Crippen LogP contribution in [-0.2, 0) is 4.79 Å². The number of thiophene rings is 1. The van der Waals surface area contributed by atoms with Crippen molar-refractivity contribution in [2.75, 3.05) is 13.1 Å². The summed E-state index contributed by atoms with van der Waals surface area (Å²) in [4.78, 5) is 36.6. The van der Waals surface area contributed by atoms with E-state index in [0.717, 1.165) is 40.5 Å². The predicted molar refractivity (Wildman–Crippen MR) is 97.7 cm³/mol. The van der Waals surface area contributed by atoms with Gasteiger partial charge in [-0.25, -0.2) is 4.98 Å². The molecule has 1 amide bonds. The first kappa shape index (κ1) is 17.1. The van der Waals surface area contributed by atoms with Crippen molar-refractivity contribution >= 4 is 27.5 Å². The maximum absolute atomic E-state index is 12.6. The summed E-state index contributed by atoms with van der Waals surface area (Å²) in [6.07, 6.45) is 1.89. The number of amides is 1. The number of rotatable bonds is 1. The number of hydrogen-bond donors (Lipinski definition) is 1. The molecule has 3 rings (SSSR count). The smallest absolute Gasteiger partial charge is 0.259 e. The molecule has 1 atom stereocenters. The van der Waals surface area contributed by atoms with Crippen molar-refractivity contribution in [2.45, 2.75) is 53.4 Å². The molecule has 1 fully saturated rings. The predicted octanol–water partition coefficient (Wildman–Crippen LogP) is 3.35. The SMILES string of the molecule is Cc1sc2nc(C3CCCN(C(=O)C(C)(C)C)C3)[nH]c(=O)c2c1C. The van der Waals surface area contributed by atoms with Gasteiger partial charge in [0.2, 0.25) is 5.91 Å². The van der Waals surface area contributed by atoms with Crippen molar-refractivity contribution in [1.29, 1.82) is 0 Å². The second-order valence-electron chi connectivity index (χ2n) is 7.75. The minimum Gasteiger partial charge on any atom is -0.342 e. The van der Waals surface area contributed by atoms with E-state index >= 15 is 0 Å². The number of H-pyrrole nitrogens is 1. The number of nitrogens with zero attached hydrogens (tertiary/aromatic N) is 2. The fourth-order valence-electron chi connectivity index (χ4n) is 3.32. The lowest BCUT2D eigenvalue weighted by atomic mass is 9.91. The third kappa shape index (κ3) is 2.99. The Kier molecular flexibility index (Phi) is 4.28. The molecule has 1 unspecified atom stereocenters. The zero-order valence-electron chi connectivity index (χ0n) is 15.0.